The molecule has 0 fully saturated rings. The third-order valence-corrected chi connectivity index (χ3v) is 4.35. The Labute approximate surface area is 123 Å². The van der Waals surface area contributed by atoms with Gasteiger partial charge in [-0.05, 0) is 24.3 Å². The molecule has 1 aliphatic carbocycles. The van der Waals surface area contributed by atoms with Gasteiger partial charge in [0.05, 0.1) is 5.56 Å². The van der Waals surface area contributed by atoms with Gasteiger partial charge in [-0.25, -0.2) is 4.98 Å². The summed E-state index contributed by atoms with van der Waals surface area (Å²) in [5.74, 6) is -0.484. The lowest BCUT2D eigenvalue weighted by molar-refractivity contribution is 0.0975. The van der Waals surface area contributed by atoms with E-state index in [4.69, 9.17) is 0 Å². The van der Waals surface area contributed by atoms with E-state index in [9.17, 15) is 9.59 Å². The molecule has 1 aliphatic rings. The van der Waals surface area contributed by atoms with E-state index in [1.54, 1.807) is 36.7 Å². The first-order chi connectivity index (χ1) is 10.3. The molecule has 0 aromatic carbocycles. The van der Waals surface area contributed by atoms with Crippen molar-refractivity contribution in [2.75, 3.05) is 0 Å². The van der Waals surface area contributed by atoms with Crippen LogP contribution in [0.1, 0.15) is 31.4 Å². The van der Waals surface area contributed by atoms with Gasteiger partial charge in [0, 0.05) is 24.2 Å². The van der Waals surface area contributed by atoms with Gasteiger partial charge in [0.2, 0.25) is 11.6 Å². The summed E-state index contributed by atoms with van der Waals surface area (Å²) in [4.78, 5) is 37.6. The van der Waals surface area contributed by atoms with E-state index in [2.05, 4.69) is 15.0 Å². The second-order valence-corrected chi connectivity index (χ2v) is 5.49. The number of rotatable bonds is 1. The predicted molar refractivity (Wildman–Crippen MR) is 76.4 cm³/mol. The maximum absolute atomic E-state index is 12.4. The summed E-state index contributed by atoms with van der Waals surface area (Å²) < 4.78 is 0. The van der Waals surface area contributed by atoms with E-state index in [1.807, 2.05) is 0 Å². The molecule has 0 saturated carbocycles. The molecule has 3 heterocycles. The summed E-state index contributed by atoms with van der Waals surface area (Å²) in [7, 11) is 0. The summed E-state index contributed by atoms with van der Waals surface area (Å²) in [6, 6.07) is 6.84. The van der Waals surface area contributed by atoms with E-state index < -0.39 is 0 Å². The average molecular weight is 293 g/mol. The highest BCUT2D eigenvalue weighted by Crippen LogP contribution is 2.34. The van der Waals surface area contributed by atoms with E-state index in [1.165, 1.54) is 17.5 Å². The summed E-state index contributed by atoms with van der Waals surface area (Å²) >= 11 is 1.21. The molecule has 0 bridgehead atoms. The van der Waals surface area contributed by atoms with Gasteiger partial charge in [0.25, 0.3) is 0 Å². The Kier molecular flexibility index (Phi) is 2.52. The van der Waals surface area contributed by atoms with Gasteiger partial charge in [0.1, 0.15) is 21.3 Å². The van der Waals surface area contributed by atoms with Crippen LogP contribution in [0.2, 0.25) is 0 Å². The fourth-order valence-electron chi connectivity index (χ4n) is 2.25. The number of thiazole rings is 1. The van der Waals surface area contributed by atoms with Crippen LogP contribution < -0.4 is 0 Å². The first kappa shape index (κ1) is 12.0. The molecule has 0 saturated heterocycles. The van der Waals surface area contributed by atoms with Crippen LogP contribution in [0.25, 0.3) is 10.6 Å². The van der Waals surface area contributed by atoms with Crippen molar-refractivity contribution in [2.24, 2.45) is 0 Å². The molecular formula is C15H7N3O2S. The second-order valence-electron chi connectivity index (χ2n) is 4.49. The Hall–Kier alpha value is -2.73. The van der Waals surface area contributed by atoms with Gasteiger partial charge < -0.3 is 0 Å². The zero-order valence-electron chi connectivity index (χ0n) is 10.6. The number of aromatic nitrogens is 3. The Morgan fingerprint density at radius 1 is 0.905 bits per heavy atom. The summed E-state index contributed by atoms with van der Waals surface area (Å²) in [6.07, 6.45) is 4.81. The topological polar surface area (TPSA) is 72.8 Å². The van der Waals surface area contributed by atoms with Gasteiger partial charge in [-0.3, -0.25) is 19.6 Å². The molecule has 0 atom stereocenters. The predicted octanol–water partition coefficient (Wildman–Crippen LogP) is 2.38. The van der Waals surface area contributed by atoms with Crippen LogP contribution in [0.5, 0.6) is 0 Å². The summed E-state index contributed by atoms with van der Waals surface area (Å²) in [5.41, 5.74) is 1.58. The van der Waals surface area contributed by atoms with Crippen molar-refractivity contribution in [1.82, 2.24) is 15.0 Å². The van der Waals surface area contributed by atoms with Crippen LogP contribution >= 0.6 is 11.3 Å². The first-order valence-electron chi connectivity index (χ1n) is 6.21. The van der Waals surface area contributed by atoms with Crippen molar-refractivity contribution in [2.45, 2.75) is 0 Å². The van der Waals surface area contributed by atoms with Gasteiger partial charge in [0.15, 0.2) is 0 Å². The number of carbonyl (C=O) groups excluding carboxylic acids is 2. The lowest BCUT2D eigenvalue weighted by Crippen LogP contribution is -2.20. The van der Waals surface area contributed by atoms with E-state index in [-0.39, 0.29) is 23.0 Å². The standard InChI is InChI=1S/C15H7N3O2S/c19-12-9-2-1-5-17-10(9)13(20)14-11(12)18-15(21-14)8-3-6-16-7-4-8/h1-7H. The maximum Gasteiger partial charge on any atom is 0.224 e. The average Bonchev–Trinajstić information content (AvgIpc) is 2.99. The molecule has 0 spiro atoms. The normalized spacial score (nSPS) is 13.0. The molecule has 0 amide bonds. The van der Waals surface area contributed by atoms with Gasteiger partial charge in [-0.2, -0.15) is 0 Å². The quantitative estimate of drug-likeness (QED) is 0.538. The van der Waals surface area contributed by atoms with Crippen molar-refractivity contribution in [3.05, 3.63) is 64.7 Å². The zero-order valence-corrected chi connectivity index (χ0v) is 11.4. The molecule has 0 N–H and O–H groups in total. The van der Waals surface area contributed by atoms with Gasteiger partial charge >= 0.3 is 0 Å². The summed E-state index contributed by atoms with van der Waals surface area (Å²) in [5, 5.41) is 0.636. The highest BCUT2D eigenvalue weighted by atomic mass is 32.1. The van der Waals surface area contributed by atoms with Crippen LogP contribution in [0, 0.1) is 0 Å². The molecule has 0 aliphatic heterocycles. The molecule has 0 radical (unpaired) electrons. The Morgan fingerprint density at radius 2 is 1.71 bits per heavy atom. The molecule has 0 unspecified atom stereocenters. The number of hydrogen-bond acceptors (Lipinski definition) is 6. The largest absolute Gasteiger partial charge is 0.287 e. The van der Waals surface area contributed by atoms with E-state index in [0.29, 0.717) is 15.4 Å². The minimum absolute atomic E-state index is 0.208. The summed E-state index contributed by atoms with van der Waals surface area (Å²) in [6.45, 7) is 0. The Balaban J connectivity index is 1.92. The molecule has 3 aromatic rings. The SMILES string of the molecule is O=C1c2cccnc2C(=O)c2sc(-c3ccncc3)nc21. The van der Waals surface area contributed by atoms with E-state index in [0.717, 1.165) is 5.56 Å². The van der Waals surface area contributed by atoms with Crippen molar-refractivity contribution in [1.29, 1.82) is 0 Å². The zero-order chi connectivity index (χ0) is 14.4. The highest BCUT2D eigenvalue weighted by molar-refractivity contribution is 7.17. The minimum Gasteiger partial charge on any atom is -0.287 e. The highest BCUT2D eigenvalue weighted by Gasteiger charge is 2.34. The molecule has 3 aromatic heterocycles. The lowest BCUT2D eigenvalue weighted by atomic mass is 9.96. The van der Waals surface area contributed by atoms with Crippen LogP contribution in [0.3, 0.4) is 0 Å². The van der Waals surface area contributed by atoms with Gasteiger partial charge in [-0.15, -0.1) is 11.3 Å². The smallest absolute Gasteiger partial charge is 0.224 e. The third kappa shape index (κ3) is 1.73. The van der Waals surface area contributed by atoms with Crippen LogP contribution in [-0.2, 0) is 0 Å². The Bertz CT molecular complexity index is 834. The van der Waals surface area contributed by atoms with Crippen LogP contribution in [0.15, 0.2) is 42.9 Å². The minimum atomic E-state index is -0.246. The van der Waals surface area contributed by atoms with Crippen molar-refractivity contribution in [3.63, 3.8) is 0 Å². The second kappa shape index (κ2) is 4.39. The Morgan fingerprint density at radius 3 is 2.52 bits per heavy atom. The number of nitrogens with zero attached hydrogens (tertiary/aromatic N) is 3. The van der Waals surface area contributed by atoms with Crippen LogP contribution in [0.4, 0.5) is 0 Å². The van der Waals surface area contributed by atoms with Crippen molar-refractivity contribution >= 4 is 22.9 Å². The number of pyridine rings is 2. The molecule has 5 nitrogen and oxygen atoms in total. The lowest BCUT2D eigenvalue weighted by Gasteiger charge is -2.10. The molecule has 100 valence electrons. The fourth-order valence-corrected chi connectivity index (χ4v) is 3.26. The fraction of sp³-hybridized carbons (Fsp3) is 0. The van der Waals surface area contributed by atoms with Crippen LogP contribution in [-0.4, -0.2) is 26.5 Å². The maximum atomic E-state index is 12.4. The molecular weight excluding hydrogens is 286 g/mol. The molecule has 4 rings (SSSR count). The van der Waals surface area contributed by atoms with E-state index >= 15 is 0 Å². The molecule has 6 heteroatoms. The number of hydrogen-bond donors (Lipinski definition) is 0. The number of ketones is 2. The molecule has 21 heavy (non-hydrogen) atoms. The first-order valence-corrected chi connectivity index (χ1v) is 7.03. The number of fused-ring (bicyclic) bond motifs is 2. The van der Waals surface area contributed by atoms with Crippen molar-refractivity contribution in [3.8, 4) is 10.6 Å². The number of carbonyl (C=O) groups is 2. The van der Waals surface area contributed by atoms with Crippen molar-refractivity contribution < 1.29 is 9.59 Å². The van der Waals surface area contributed by atoms with Gasteiger partial charge in [-0.1, -0.05) is 0 Å². The monoisotopic (exact) mass is 293 g/mol. The third-order valence-electron chi connectivity index (χ3n) is 3.24.